The molecule has 122 valence electrons. The minimum atomic E-state index is -3.78. The number of nitrogens with one attached hydrogen (secondary N) is 2. The maximum Gasteiger partial charge on any atom is 0.271 e. The van der Waals surface area contributed by atoms with Gasteiger partial charge in [-0.25, -0.2) is 19.0 Å². The summed E-state index contributed by atoms with van der Waals surface area (Å²) in [5.41, 5.74) is 4.49. The predicted octanol–water partition coefficient (Wildman–Crippen LogP) is 1.58. The number of carbonyl (C=O) groups is 1. The molecule has 0 saturated carbocycles. The van der Waals surface area contributed by atoms with Gasteiger partial charge < -0.3 is 4.98 Å². The molecule has 3 rings (SSSR count). The van der Waals surface area contributed by atoms with Crippen LogP contribution in [0, 0.1) is 0 Å². The van der Waals surface area contributed by atoms with Gasteiger partial charge in [-0.05, 0) is 30.3 Å². The molecule has 1 heterocycles. The molecule has 2 aromatic carbocycles. The monoisotopic (exact) mass is 342 g/mol. The number of hydrogen-bond acceptors (Lipinski definition) is 4. The van der Waals surface area contributed by atoms with E-state index in [1.165, 1.54) is 30.5 Å². The highest BCUT2D eigenvalue weighted by molar-refractivity contribution is 7.89. The third-order valence-corrected chi connectivity index (χ3v) is 4.37. The van der Waals surface area contributed by atoms with E-state index in [9.17, 15) is 13.2 Å². The van der Waals surface area contributed by atoms with Gasteiger partial charge in [-0.2, -0.15) is 5.10 Å². The Morgan fingerprint density at radius 1 is 1.12 bits per heavy atom. The van der Waals surface area contributed by atoms with Crippen molar-refractivity contribution >= 4 is 33.0 Å². The van der Waals surface area contributed by atoms with Crippen molar-refractivity contribution < 1.29 is 13.2 Å². The molecule has 0 aliphatic carbocycles. The summed E-state index contributed by atoms with van der Waals surface area (Å²) in [7, 11) is -3.78. The van der Waals surface area contributed by atoms with E-state index < -0.39 is 15.9 Å². The fraction of sp³-hybridized carbons (Fsp3) is 0. The van der Waals surface area contributed by atoms with Gasteiger partial charge in [-0.3, -0.25) is 4.79 Å². The summed E-state index contributed by atoms with van der Waals surface area (Å²) in [5.74, 6) is -0.452. The molecule has 8 heteroatoms. The Balaban J connectivity index is 1.71. The average molecular weight is 342 g/mol. The Labute approximate surface area is 138 Å². The van der Waals surface area contributed by atoms with Crippen molar-refractivity contribution in [2.24, 2.45) is 10.2 Å². The first-order valence-corrected chi connectivity index (χ1v) is 8.52. The summed E-state index contributed by atoms with van der Waals surface area (Å²) in [5, 5.41) is 9.93. The van der Waals surface area contributed by atoms with Gasteiger partial charge in [-0.15, -0.1) is 0 Å². The van der Waals surface area contributed by atoms with Gasteiger partial charge in [0.1, 0.15) is 0 Å². The van der Waals surface area contributed by atoms with Crippen LogP contribution in [0.1, 0.15) is 15.9 Å². The third kappa shape index (κ3) is 3.34. The number of fused-ring (bicyclic) bond motifs is 1. The maximum absolute atomic E-state index is 12.0. The number of aromatic amines is 1. The highest BCUT2D eigenvalue weighted by Crippen LogP contribution is 2.15. The number of aromatic nitrogens is 1. The Kier molecular flexibility index (Phi) is 4.15. The van der Waals surface area contributed by atoms with Gasteiger partial charge in [0.25, 0.3) is 5.91 Å². The van der Waals surface area contributed by atoms with Gasteiger partial charge in [0.2, 0.25) is 10.0 Å². The number of nitrogens with two attached hydrogens (primary N) is 1. The Bertz CT molecular complexity index is 1020. The molecule has 0 radical (unpaired) electrons. The fourth-order valence-corrected chi connectivity index (χ4v) is 2.74. The number of sulfonamides is 1. The Hall–Kier alpha value is -2.97. The molecule has 3 aromatic rings. The van der Waals surface area contributed by atoms with E-state index in [-0.39, 0.29) is 10.5 Å². The molecule has 1 aromatic heterocycles. The first kappa shape index (κ1) is 15.9. The zero-order valence-corrected chi connectivity index (χ0v) is 13.2. The van der Waals surface area contributed by atoms with Crippen LogP contribution in [-0.4, -0.2) is 25.5 Å². The van der Waals surface area contributed by atoms with E-state index in [0.29, 0.717) is 0 Å². The van der Waals surface area contributed by atoms with Crippen LogP contribution in [0.4, 0.5) is 0 Å². The van der Waals surface area contributed by atoms with E-state index in [1.54, 1.807) is 6.20 Å². The lowest BCUT2D eigenvalue weighted by molar-refractivity contribution is 0.0955. The van der Waals surface area contributed by atoms with Crippen LogP contribution < -0.4 is 10.6 Å². The van der Waals surface area contributed by atoms with Crippen LogP contribution in [-0.2, 0) is 10.0 Å². The van der Waals surface area contributed by atoms with Crippen molar-refractivity contribution in [2.75, 3.05) is 0 Å². The van der Waals surface area contributed by atoms with Crippen LogP contribution in [0.5, 0.6) is 0 Å². The molecule has 1 amide bonds. The normalized spacial score (nSPS) is 11.9. The van der Waals surface area contributed by atoms with Crippen LogP contribution in [0.2, 0.25) is 0 Å². The first-order valence-electron chi connectivity index (χ1n) is 6.97. The SMILES string of the molecule is NS(=O)(=O)c1ccc(C(=O)N/N=C/c2c[nH]c3ccccc23)cc1. The van der Waals surface area contributed by atoms with Gasteiger partial charge in [0.15, 0.2) is 0 Å². The molecule has 0 saturated heterocycles. The molecular formula is C16H14N4O3S. The smallest absolute Gasteiger partial charge is 0.271 e. The number of carbonyl (C=O) groups excluding carboxylic acids is 1. The lowest BCUT2D eigenvalue weighted by atomic mass is 10.2. The van der Waals surface area contributed by atoms with E-state index in [4.69, 9.17) is 5.14 Å². The van der Waals surface area contributed by atoms with E-state index in [1.807, 2.05) is 24.3 Å². The van der Waals surface area contributed by atoms with Crippen molar-refractivity contribution in [3.05, 3.63) is 65.9 Å². The molecule has 0 fully saturated rings. The summed E-state index contributed by atoms with van der Waals surface area (Å²) in [6.45, 7) is 0. The standard InChI is InChI=1S/C16H14N4O3S/c17-24(22,23)13-7-5-11(6-8-13)16(21)20-19-10-12-9-18-15-4-2-1-3-14(12)15/h1-10,18H,(H,20,21)(H2,17,22,23)/b19-10+. The lowest BCUT2D eigenvalue weighted by Crippen LogP contribution is -2.18. The van der Waals surface area contributed by atoms with Crippen LogP contribution >= 0.6 is 0 Å². The summed E-state index contributed by atoms with van der Waals surface area (Å²) < 4.78 is 22.4. The topological polar surface area (TPSA) is 117 Å². The molecule has 0 aliphatic heterocycles. The number of H-pyrrole nitrogens is 1. The summed E-state index contributed by atoms with van der Waals surface area (Å²) in [6, 6.07) is 13.0. The average Bonchev–Trinajstić information content (AvgIpc) is 2.97. The second-order valence-electron chi connectivity index (χ2n) is 5.06. The number of rotatable bonds is 4. The summed E-state index contributed by atoms with van der Waals surface area (Å²) >= 11 is 0. The zero-order valence-electron chi connectivity index (χ0n) is 12.4. The number of amides is 1. The fourth-order valence-electron chi connectivity index (χ4n) is 2.22. The second-order valence-corrected chi connectivity index (χ2v) is 6.62. The predicted molar refractivity (Wildman–Crippen MR) is 91.2 cm³/mol. The summed E-state index contributed by atoms with van der Waals surface area (Å²) in [6.07, 6.45) is 3.33. The van der Waals surface area contributed by atoms with Crippen LogP contribution in [0.25, 0.3) is 10.9 Å². The van der Waals surface area contributed by atoms with E-state index in [0.717, 1.165) is 16.5 Å². The quantitative estimate of drug-likeness (QED) is 0.493. The number of benzene rings is 2. The molecule has 0 unspecified atom stereocenters. The third-order valence-electron chi connectivity index (χ3n) is 3.44. The molecule has 7 nitrogen and oxygen atoms in total. The van der Waals surface area contributed by atoms with Crippen molar-refractivity contribution in [2.45, 2.75) is 4.90 Å². The van der Waals surface area contributed by atoms with Crippen molar-refractivity contribution in [3.8, 4) is 0 Å². The Morgan fingerprint density at radius 2 is 1.83 bits per heavy atom. The molecule has 4 N–H and O–H groups in total. The zero-order chi connectivity index (χ0) is 17.2. The minimum absolute atomic E-state index is 0.0543. The number of para-hydroxylation sites is 1. The van der Waals surface area contributed by atoms with Crippen LogP contribution in [0.15, 0.2) is 64.7 Å². The first-order chi connectivity index (χ1) is 11.4. The minimum Gasteiger partial charge on any atom is -0.361 e. The number of primary sulfonamides is 1. The Morgan fingerprint density at radius 3 is 2.54 bits per heavy atom. The number of hydrazone groups is 1. The van der Waals surface area contributed by atoms with Gasteiger partial charge in [-0.1, -0.05) is 18.2 Å². The molecule has 0 bridgehead atoms. The van der Waals surface area contributed by atoms with Gasteiger partial charge >= 0.3 is 0 Å². The van der Waals surface area contributed by atoms with E-state index in [2.05, 4.69) is 15.5 Å². The number of hydrogen-bond donors (Lipinski definition) is 3. The maximum atomic E-state index is 12.0. The lowest BCUT2D eigenvalue weighted by Gasteiger charge is -2.01. The highest BCUT2D eigenvalue weighted by Gasteiger charge is 2.09. The summed E-state index contributed by atoms with van der Waals surface area (Å²) in [4.78, 5) is 15.0. The van der Waals surface area contributed by atoms with Gasteiger partial charge in [0.05, 0.1) is 11.1 Å². The highest BCUT2D eigenvalue weighted by atomic mass is 32.2. The molecule has 0 spiro atoms. The van der Waals surface area contributed by atoms with E-state index >= 15 is 0 Å². The van der Waals surface area contributed by atoms with Crippen LogP contribution in [0.3, 0.4) is 0 Å². The molecule has 0 atom stereocenters. The molecular weight excluding hydrogens is 328 g/mol. The van der Waals surface area contributed by atoms with Crippen molar-refractivity contribution in [1.82, 2.24) is 10.4 Å². The van der Waals surface area contributed by atoms with Gasteiger partial charge in [0, 0.05) is 28.2 Å². The number of nitrogens with zero attached hydrogens (tertiary/aromatic N) is 1. The van der Waals surface area contributed by atoms with Crippen molar-refractivity contribution in [1.29, 1.82) is 0 Å². The molecule has 0 aliphatic rings. The molecule has 24 heavy (non-hydrogen) atoms. The second kappa shape index (κ2) is 6.26. The van der Waals surface area contributed by atoms with Crippen molar-refractivity contribution in [3.63, 3.8) is 0 Å². The largest absolute Gasteiger partial charge is 0.361 e.